The van der Waals surface area contributed by atoms with E-state index in [2.05, 4.69) is 25.1 Å². The van der Waals surface area contributed by atoms with Gasteiger partial charge in [-0.05, 0) is 6.04 Å². The average molecular weight is 281 g/mol. The van der Waals surface area contributed by atoms with Crippen LogP contribution in [0.25, 0.3) is 0 Å². The van der Waals surface area contributed by atoms with E-state index < -0.39 is 23.1 Å². The summed E-state index contributed by atoms with van der Waals surface area (Å²) < 4.78 is 27.7. The van der Waals surface area contributed by atoms with E-state index in [0.717, 1.165) is 12.3 Å². The van der Waals surface area contributed by atoms with E-state index in [1.165, 1.54) is 5.01 Å². The maximum atomic E-state index is 11.2. The number of hydrogen-bond acceptors (Lipinski definition) is 5. The number of hydrogen-bond donors (Lipinski definition) is 2. The van der Waals surface area contributed by atoms with Crippen molar-refractivity contribution in [3.05, 3.63) is 0 Å². The van der Waals surface area contributed by atoms with Crippen molar-refractivity contribution in [1.29, 1.82) is 5.41 Å². The molecule has 0 aromatic carbocycles. The molecule has 102 valence electrons. The maximum Gasteiger partial charge on any atom is 0.232 e. The van der Waals surface area contributed by atoms with Gasteiger partial charge in [0, 0.05) is 28.0 Å². The molecule has 0 heterocycles. The van der Waals surface area contributed by atoms with Crippen LogP contribution in [0.5, 0.6) is 0 Å². The van der Waals surface area contributed by atoms with Gasteiger partial charge in [-0.3, -0.25) is 10.4 Å². The zero-order chi connectivity index (χ0) is 13.7. The van der Waals surface area contributed by atoms with Crippen LogP contribution in [-0.2, 0) is 14.6 Å². The molecule has 0 amide bonds. The first-order chi connectivity index (χ1) is 7.58. The molecular formula is C9H23N3O3SSi. The first-order valence-corrected chi connectivity index (χ1v) is 11.0. The first-order valence-electron chi connectivity index (χ1n) is 5.39. The van der Waals surface area contributed by atoms with Crippen LogP contribution >= 0.6 is 0 Å². The van der Waals surface area contributed by atoms with Crippen LogP contribution < -0.4 is 5.43 Å². The molecule has 0 unspecified atom stereocenters. The van der Waals surface area contributed by atoms with Gasteiger partial charge < -0.3 is 4.74 Å². The SMILES string of the molecule is CNN(COCC[Si](C)(C)C)C(=N)S(C)(=O)=O. The summed E-state index contributed by atoms with van der Waals surface area (Å²) in [5.74, 6) is 0. The molecule has 8 heteroatoms. The van der Waals surface area contributed by atoms with Crippen molar-refractivity contribution in [2.75, 3.05) is 26.6 Å². The molecule has 0 aromatic heterocycles. The maximum absolute atomic E-state index is 11.2. The van der Waals surface area contributed by atoms with Gasteiger partial charge in [0.15, 0.2) is 0 Å². The summed E-state index contributed by atoms with van der Waals surface area (Å²) >= 11 is 0. The predicted molar refractivity (Wildman–Crippen MR) is 72.4 cm³/mol. The molecule has 6 nitrogen and oxygen atoms in total. The van der Waals surface area contributed by atoms with Crippen molar-refractivity contribution in [1.82, 2.24) is 10.4 Å². The molecule has 0 aliphatic rings. The minimum atomic E-state index is -3.50. The second kappa shape index (κ2) is 6.48. The average Bonchev–Trinajstić information content (AvgIpc) is 2.14. The number of rotatable bonds is 6. The highest BCUT2D eigenvalue weighted by Gasteiger charge is 2.19. The Balaban J connectivity index is 4.13. The highest BCUT2D eigenvalue weighted by molar-refractivity contribution is 8.05. The number of sulfone groups is 1. The Labute approximate surface area is 105 Å². The van der Waals surface area contributed by atoms with Gasteiger partial charge in [0.25, 0.3) is 0 Å². The first kappa shape index (κ1) is 16.6. The molecule has 0 radical (unpaired) electrons. The van der Waals surface area contributed by atoms with Crippen molar-refractivity contribution in [2.45, 2.75) is 25.7 Å². The monoisotopic (exact) mass is 281 g/mol. The lowest BCUT2D eigenvalue weighted by atomic mass is 10.8. The molecule has 0 aliphatic carbocycles. The minimum Gasteiger partial charge on any atom is -0.360 e. The Morgan fingerprint density at radius 3 is 2.29 bits per heavy atom. The number of nitrogens with zero attached hydrogens (tertiary/aromatic N) is 1. The molecule has 17 heavy (non-hydrogen) atoms. The third-order valence-electron chi connectivity index (χ3n) is 2.08. The molecule has 0 atom stereocenters. The Kier molecular flexibility index (Phi) is 6.31. The van der Waals surface area contributed by atoms with Crippen LogP contribution in [0.15, 0.2) is 0 Å². The van der Waals surface area contributed by atoms with Gasteiger partial charge in [0.05, 0.1) is 0 Å². The van der Waals surface area contributed by atoms with E-state index in [9.17, 15) is 8.42 Å². The fraction of sp³-hybridized carbons (Fsp3) is 0.889. The van der Waals surface area contributed by atoms with Crippen LogP contribution in [0, 0.1) is 5.41 Å². The topological polar surface area (TPSA) is 82.5 Å². The highest BCUT2D eigenvalue weighted by Crippen LogP contribution is 2.07. The van der Waals surface area contributed by atoms with E-state index in [1.807, 2.05) is 0 Å². The largest absolute Gasteiger partial charge is 0.360 e. The van der Waals surface area contributed by atoms with Crippen molar-refractivity contribution >= 4 is 23.1 Å². The Morgan fingerprint density at radius 2 is 1.94 bits per heavy atom. The molecule has 0 saturated carbocycles. The van der Waals surface area contributed by atoms with Gasteiger partial charge in [-0.1, -0.05) is 19.6 Å². The Morgan fingerprint density at radius 1 is 1.41 bits per heavy atom. The summed E-state index contributed by atoms with van der Waals surface area (Å²) in [6.07, 6.45) is 1.00. The third kappa shape index (κ3) is 7.48. The van der Waals surface area contributed by atoms with Crippen LogP contribution in [0.1, 0.15) is 0 Å². The summed E-state index contributed by atoms with van der Waals surface area (Å²) in [6.45, 7) is 7.37. The summed E-state index contributed by atoms with van der Waals surface area (Å²) in [4.78, 5) is 0. The molecular weight excluding hydrogens is 258 g/mol. The summed E-state index contributed by atoms with van der Waals surface area (Å²) in [6, 6.07) is 1.01. The zero-order valence-corrected chi connectivity index (χ0v) is 13.0. The molecule has 0 fully saturated rings. The molecule has 0 spiro atoms. The number of hydrazine groups is 1. The van der Waals surface area contributed by atoms with E-state index in [0.29, 0.717) is 6.61 Å². The zero-order valence-electron chi connectivity index (χ0n) is 11.2. The van der Waals surface area contributed by atoms with Gasteiger partial charge >= 0.3 is 0 Å². The van der Waals surface area contributed by atoms with Gasteiger partial charge in [-0.2, -0.15) is 0 Å². The van der Waals surface area contributed by atoms with Crippen molar-refractivity contribution in [3.8, 4) is 0 Å². The number of amidine groups is 1. The summed E-state index contributed by atoms with van der Waals surface area (Å²) in [5, 5.41) is 8.15. The van der Waals surface area contributed by atoms with E-state index in [4.69, 9.17) is 10.1 Å². The van der Waals surface area contributed by atoms with Crippen molar-refractivity contribution < 1.29 is 13.2 Å². The Bertz CT molecular complexity index is 351. The van der Waals surface area contributed by atoms with E-state index >= 15 is 0 Å². The van der Waals surface area contributed by atoms with Crippen molar-refractivity contribution in [2.24, 2.45) is 0 Å². The van der Waals surface area contributed by atoms with E-state index in [1.54, 1.807) is 7.05 Å². The van der Waals surface area contributed by atoms with Crippen LogP contribution in [0.3, 0.4) is 0 Å². The lowest BCUT2D eigenvalue weighted by Gasteiger charge is -2.23. The van der Waals surface area contributed by atoms with Gasteiger partial charge in [-0.15, -0.1) is 0 Å². The standard InChI is InChI=1S/C9H23N3O3SSi/c1-11-12(9(10)16(2,13)14)8-15-6-7-17(3,4)5/h10-11H,6-8H2,1-5H3. The highest BCUT2D eigenvalue weighted by atomic mass is 32.2. The van der Waals surface area contributed by atoms with Crippen LogP contribution in [0.4, 0.5) is 0 Å². The molecule has 0 bridgehead atoms. The predicted octanol–water partition coefficient (Wildman–Crippen LogP) is 0.714. The van der Waals surface area contributed by atoms with Gasteiger partial charge in [0.2, 0.25) is 15.0 Å². The summed E-state index contributed by atoms with van der Waals surface area (Å²) in [7, 11) is -3.09. The van der Waals surface area contributed by atoms with Gasteiger partial charge in [0.1, 0.15) is 6.73 Å². The fourth-order valence-electron chi connectivity index (χ4n) is 0.959. The third-order valence-corrected chi connectivity index (χ3v) is 4.71. The molecule has 0 rings (SSSR count). The number of nitrogens with one attached hydrogen (secondary N) is 2. The second-order valence-corrected chi connectivity index (χ2v) is 12.6. The lowest BCUT2D eigenvalue weighted by Crippen LogP contribution is -2.45. The normalized spacial score (nSPS) is 12.5. The van der Waals surface area contributed by atoms with Crippen LogP contribution in [-0.4, -0.2) is 53.3 Å². The van der Waals surface area contributed by atoms with E-state index in [-0.39, 0.29) is 6.73 Å². The number of ether oxygens (including phenoxy) is 1. The molecule has 0 aromatic rings. The minimum absolute atomic E-state index is 0.0624. The second-order valence-electron chi connectivity index (χ2n) is 5.08. The molecule has 0 aliphatic heterocycles. The van der Waals surface area contributed by atoms with Crippen molar-refractivity contribution in [3.63, 3.8) is 0 Å². The summed E-state index contributed by atoms with van der Waals surface area (Å²) in [5.41, 5.74) is 2.62. The smallest absolute Gasteiger partial charge is 0.232 e. The fourth-order valence-corrected chi connectivity index (χ4v) is 2.26. The van der Waals surface area contributed by atoms with Crippen LogP contribution in [0.2, 0.25) is 25.7 Å². The molecule has 0 saturated heterocycles. The van der Waals surface area contributed by atoms with Gasteiger partial charge in [-0.25, -0.2) is 13.8 Å². The molecule has 2 N–H and O–H groups in total. The quantitative estimate of drug-likeness (QED) is 0.187. The Hall–Kier alpha value is -0.443. The lowest BCUT2D eigenvalue weighted by molar-refractivity contribution is 0.0555.